The Morgan fingerprint density at radius 1 is 1.04 bits per heavy atom. The molecule has 0 aliphatic heterocycles. The molecular formula is C21H16N2OS2. The normalized spacial score (nSPS) is 11.0. The van der Waals surface area contributed by atoms with Crippen molar-refractivity contribution in [2.24, 2.45) is 0 Å². The topological polar surface area (TPSA) is 42.9 Å². The first-order chi connectivity index (χ1) is 12.7. The molecule has 128 valence electrons. The molecule has 0 fully saturated rings. The van der Waals surface area contributed by atoms with Crippen molar-refractivity contribution in [2.75, 3.05) is 5.75 Å². The minimum atomic E-state index is 0.111. The first-order valence-corrected chi connectivity index (χ1v) is 10.0. The Morgan fingerprint density at radius 2 is 1.81 bits per heavy atom. The zero-order valence-corrected chi connectivity index (χ0v) is 15.8. The van der Waals surface area contributed by atoms with Crippen LogP contribution in [-0.2, 0) is 0 Å². The third-order valence-corrected chi connectivity index (χ3v) is 6.16. The monoisotopic (exact) mass is 376 g/mol. The molecule has 2 aromatic heterocycles. The van der Waals surface area contributed by atoms with Crippen LogP contribution in [0.2, 0.25) is 0 Å². The van der Waals surface area contributed by atoms with Gasteiger partial charge >= 0.3 is 0 Å². The van der Waals surface area contributed by atoms with Crippen molar-refractivity contribution in [2.45, 2.75) is 11.9 Å². The fourth-order valence-electron chi connectivity index (χ4n) is 2.65. The molecule has 26 heavy (non-hydrogen) atoms. The van der Waals surface area contributed by atoms with E-state index in [1.807, 2.05) is 49.4 Å². The molecule has 0 unspecified atom stereocenters. The van der Waals surface area contributed by atoms with E-state index in [2.05, 4.69) is 28.2 Å². The van der Waals surface area contributed by atoms with Crippen LogP contribution in [0.3, 0.4) is 0 Å². The number of thioether (sulfide) groups is 1. The zero-order chi connectivity index (χ0) is 17.9. The summed E-state index contributed by atoms with van der Waals surface area (Å²) in [6.07, 6.45) is 1.58. The summed E-state index contributed by atoms with van der Waals surface area (Å²) in [4.78, 5) is 23.3. The smallest absolute Gasteiger partial charge is 0.173 e. The lowest BCUT2D eigenvalue weighted by Gasteiger charge is -2.02. The fraction of sp³-hybridized carbons (Fsp3) is 0.0952. The lowest BCUT2D eigenvalue weighted by Crippen LogP contribution is -2.02. The molecule has 2 aromatic carbocycles. The number of fused-ring (bicyclic) bond motifs is 1. The third-order valence-electron chi connectivity index (χ3n) is 4.06. The molecule has 0 radical (unpaired) electrons. The van der Waals surface area contributed by atoms with Crippen molar-refractivity contribution in [3.8, 4) is 10.4 Å². The second kappa shape index (κ2) is 7.40. The summed E-state index contributed by atoms with van der Waals surface area (Å²) in [6.45, 7) is 2.02. The zero-order valence-electron chi connectivity index (χ0n) is 14.2. The molecule has 0 aliphatic carbocycles. The van der Waals surface area contributed by atoms with E-state index >= 15 is 0 Å². The molecule has 0 saturated heterocycles. The summed E-state index contributed by atoms with van der Waals surface area (Å²) >= 11 is 3.12. The Hall–Kier alpha value is -2.50. The van der Waals surface area contributed by atoms with Gasteiger partial charge in [-0.3, -0.25) is 4.79 Å². The summed E-state index contributed by atoms with van der Waals surface area (Å²) in [7, 11) is 0. The number of benzene rings is 2. The van der Waals surface area contributed by atoms with Crippen LogP contribution in [-0.4, -0.2) is 21.5 Å². The number of ketones is 1. The van der Waals surface area contributed by atoms with E-state index in [1.165, 1.54) is 17.3 Å². The molecule has 4 aromatic rings. The van der Waals surface area contributed by atoms with E-state index in [4.69, 9.17) is 0 Å². The quantitative estimate of drug-likeness (QED) is 0.257. The molecule has 4 rings (SSSR count). The predicted octanol–water partition coefficient (Wildman–Crippen LogP) is 5.64. The van der Waals surface area contributed by atoms with Crippen molar-refractivity contribution in [3.05, 3.63) is 78.1 Å². The fourth-order valence-corrected chi connectivity index (χ4v) is 4.59. The van der Waals surface area contributed by atoms with Crippen molar-refractivity contribution < 1.29 is 4.79 Å². The van der Waals surface area contributed by atoms with E-state index in [9.17, 15) is 4.79 Å². The average Bonchev–Trinajstić information content (AvgIpc) is 3.12. The number of nitrogens with zero attached hydrogens (tertiary/aromatic N) is 2. The van der Waals surface area contributed by atoms with Gasteiger partial charge in [0.15, 0.2) is 5.78 Å². The Labute approximate surface area is 160 Å². The van der Waals surface area contributed by atoms with E-state index in [1.54, 1.807) is 17.7 Å². The van der Waals surface area contributed by atoms with Crippen LogP contribution in [0, 0.1) is 6.92 Å². The number of hydrogen-bond acceptors (Lipinski definition) is 5. The average molecular weight is 377 g/mol. The Bertz CT molecular complexity index is 1060. The van der Waals surface area contributed by atoms with Gasteiger partial charge in [-0.15, -0.1) is 11.3 Å². The maximum absolute atomic E-state index is 12.4. The molecule has 0 bridgehead atoms. The molecule has 0 saturated carbocycles. The molecule has 2 heterocycles. The van der Waals surface area contributed by atoms with Gasteiger partial charge in [0.05, 0.1) is 5.75 Å². The van der Waals surface area contributed by atoms with Crippen molar-refractivity contribution in [1.29, 1.82) is 0 Å². The van der Waals surface area contributed by atoms with Crippen LogP contribution in [0.1, 0.15) is 15.9 Å². The van der Waals surface area contributed by atoms with Crippen LogP contribution in [0.25, 0.3) is 20.7 Å². The number of Topliss-reactive ketones (excluding diaryl/α,β-unsaturated/α-hetero) is 1. The van der Waals surface area contributed by atoms with Crippen LogP contribution in [0.15, 0.2) is 72.0 Å². The second-order valence-electron chi connectivity index (χ2n) is 5.95. The number of hydrogen-bond donors (Lipinski definition) is 0. The standard InChI is InChI=1S/C21H16N2OS2/c1-14-7-9-15(10-8-14)18(24)12-25-20-17-11-19(16-5-3-2-4-6-16)26-21(17)23-13-22-20/h2-11,13H,12H2,1H3. The van der Waals surface area contributed by atoms with Gasteiger partial charge < -0.3 is 0 Å². The molecular weight excluding hydrogens is 360 g/mol. The van der Waals surface area contributed by atoms with Gasteiger partial charge in [0.25, 0.3) is 0 Å². The summed E-state index contributed by atoms with van der Waals surface area (Å²) in [5, 5.41) is 1.87. The summed E-state index contributed by atoms with van der Waals surface area (Å²) < 4.78 is 0. The Morgan fingerprint density at radius 3 is 2.58 bits per heavy atom. The third kappa shape index (κ3) is 3.54. The number of aryl methyl sites for hydroxylation is 1. The Kier molecular flexibility index (Phi) is 4.82. The first-order valence-electron chi connectivity index (χ1n) is 8.23. The number of carbonyl (C=O) groups is 1. The minimum Gasteiger partial charge on any atom is -0.293 e. The van der Waals surface area contributed by atoms with Crippen molar-refractivity contribution >= 4 is 39.1 Å². The molecule has 0 N–H and O–H groups in total. The maximum Gasteiger partial charge on any atom is 0.173 e. The van der Waals surface area contributed by atoms with Crippen LogP contribution >= 0.6 is 23.1 Å². The van der Waals surface area contributed by atoms with E-state index in [-0.39, 0.29) is 5.78 Å². The highest BCUT2D eigenvalue weighted by molar-refractivity contribution is 8.00. The molecule has 0 aliphatic rings. The van der Waals surface area contributed by atoms with E-state index < -0.39 is 0 Å². The van der Waals surface area contributed by atoms with E-state index in [0.717, 1.165) is 31.2 Å². The highest BCUT2D eigenvalue weighted by Gasteiger charge is 2.13. The predicted molar refractivity (Wildman–Crippen MR) is 109 cm³/mol. The largest absolute Gasteiger partial charge is 0.293 e. The highest BCUT2D eigenvalue weighted by atomic mass is 32.2. The first kappa shape index (κ1) is 16.9. The lowest BCUT2D eigenvalue weighted by molar-refractivity contribution is 0.102. The second-order valence-corrected chi connectivity index (χ2v) is 7.95. The Balaban J connectivity index is 1.57. The maximum atomic E-state index is 12.4. The minimum absolute atomic E-state index is 0.111. The summed E-state index contributed by atoms with van der Waals surface area (Å²) in [5.41, 5.74) is 3.06. The van der Waals surface area contributed by atoms with Crippen LogP contribution in [0.5, 0.6) is 0 Å². The molecule has 5 heteroatoms. The molecule has 0 atom stereocenters. The van der Waals surface area contributed by atoms with Crippen LogP contribution < -0.4 is 0 Å². The van der Waals surface area contributed by atoms with Gasteiger partial charge in [0, 0.05) is 15.8 Å². The van der Waals surface area contributed by atoms with Crippen molar-refractivity contribution in [1.82, 2.24) is 9.97 Å². The number of carbonyl (C=O) groups excluding carboxylic acids is 1. The van der Waals surface area contributed by atoms with Crippen molar-refractivity contribution in [3.63, 3.8) is 0 Å². The number of rotatable bonds is 5. The van der Waals surface area contributed by atoms with Gasteiger partial charge in [0.2, 0.25) is 0 Å². The van der Waals surface area contributed by atoms with E-state index in [0.29, 0.717) is 5.75 Å². The van der Waals surface area contributed by atoms with Gasteiger partial charge in [0.1, 0.15) is 16.2 Å². The van der Waals surface area contributed by atoms with Gasteiger partial charge in [-0.25, -0.2) is 9.97 Å². The summed E-state index contributed by atoms with van der Waals surface area (Å²) in [5.74, 6) is 0.478. The van der Waals surface area contributed by atoms with Gasteiger partial charge in [-0.05, 0) is 18.6 Å². The SMILES string of the molecule is Cc1ccc(C(=O)CSc2ncnc3sc(-c4ccccc4)cc23)cc1. The molecule has 0 amide bonds. The molecule has 0 spiro atoms. The summed E-state index contributed by atoms with van der Waals surface area (Å²) in [6, 6.07) is 20.1. The lowest BCUT2D eigenvalue weighted by atomic mass is 10.1. The number of thiophene rings is 1. The van der Waals surface area contributed by atoms with Gasteiger partial charge in [-0.2, -0.15) is 0 Å². The highest BCUT2D eigenvalue weighted by Crippen LogP contribution is 2.36. The number of aromatic nitrogens is 2. The van der Waals surface area contributed by atoms with Gasteiger partial charge in [-0.1, -0.05) is 71.9 Å². The molecule has 3 nitrogen and oxygen atoms in total. The van der Waals surface area contributed by atoms with Crippen LogP contribution in [0.4, 0.5) is 0 Å².